The minimum absolute atomic E-state index is 0.518. The van der Waals surface area contributed by atoms with E-state index < -0.39 is 10.8 Å². The van der Waals surface area contributed by atoms with Crippen LogP contribution in [-0.4, -0.2) is 4.21 Å². The Kier molecular flexibility index (Phi) is 3.78. The molecule has 2 rings (SSSR count). The lowest BCUT2D eigenvalue weighted by Crippen LogP contribution is -1.99. The molecule has 2 N–H and O–H groups in total. The Balaban J connectivity index is 2.18. The van der Waals surface area contributed by atoms with Gasteiger partial charge in [-0.25, -0.2) is 0 Å². The zero-order valence-electron chi connectivity index (χ0n) is 8.35. The highest BCUT2D eigenvalue weighted by Crippen LogP contribution is 2.24. The van der Waals surface area contributed by atoms with Crippen LogP contribution in [0.25, 0.3) is 0 Å². The molecule has 0 amide bonds. The van der Waals surface area contributed by atoms with Crippen molar-refractivity contribution >= 4 is 43.8 Å². The molecular weight excluding hydrogens is 306 g/mol. The van der Waals surface area contributed by atoms with Crippen LogP contribution >= 0.6 is 27.3 Å². The second kappa shape index (κ2) is 5.12. The topological polar surface area (TPSA) is 43.1 Å². The fraction of sp³-hybridized carbons (Fsp3) is 0.0909. The number of para-hydroxylation sites is 1. The summed E-state index contributed by atoms with van der Waals surface area (Å²) in [5.74, 6) is 0.518. The Bertz CT molecular complexity index is 524. The van der Waals surface area contributed by atoms with Crippen molar-refractivity contribution < 1.29 is 4.21 Å². The van der Waals surface area contributed by atoms with E-state index >= 15 is 0 Å². The van der Waals surface area contributed by atoms with Crippen molar-refractivity contribution in [3.63, 3.8) is 0 Å². The van der Waals surface area contributed by atoms with Gasteiger partial charge in [-0.1, -0.05) is 12.1 Å². The molecule has 0 radical (unpaired) electrons. The zero-order valence-corrected chi connectivity index (χ0v) is 11.6. The first-order chi connectivity index (χ1) is 7.66. The highest BCUT2D eigenvalue weighted by Gasteiger charge is 2.09. The molecule has 2 nitrogen and oxygen atoms in total. The largest absolute Gasteiger partial charge is 0.398 e. The zero-order chi connectivity index (χ0) is 11.5. The van der Waals surface area contributed by atoms with Gasteiger partial charge in [0.2, 0.25) is 0 Å². The first-order valence-corrected chi connectivity index (χ1v) is 7.62. The van der Waals surface area contributed by atoms with Gasteiger partial charge in [-0.3, -0.25) is 4.21 Å². The fourth-order valence-corrected chi connectivity index (χ4v) is 4.21. The van der Waals surface area contributed by atoms with E-state index in [0.29, 0.717) is 16.3 Å². The molecule has 0 aliphatic heterocycles. The predicted molar refractivity (Wildman–Crippen MR) is 73.0 cm³/mol. The number of nitrogen functional groups attached to an aromatic ring is 1. The van der Waals surface area contributed by atoms with Crippen LogP contribution < -0.4 is 5.73 Å². The van der Waals surface area contributed by atoms with Gasteiger partial charge in [-0.2, -0.15) is 0 Å². The summed E-state index contributed by atoms with van der Waals surface area (Å²) in [7, 11) is -1.07. The van der Waals surface area contributed by atoms with E-state index in [0.717, 1.165) is 9.35 Å². The molecule has 0 saturated carbocycles. The van der Waals surface area contributed by atoms with Gasteiger partial charge < -0.3 is 5.73 Å². The molecule has 0 saturated heterocycles. The van der Waals surface area contributed by atoms with Gasteiger partial charge in [0, 0.05) is 20.4 Å². The van der Waals surface area contributed by atoms with Gasteiger partial charge in [0.15, 0.2) is 0 Å². The van der Waals surface area contributed by atoms with Crippen LogP contribution in [0.3, 0.4) is 0 Å². The van der Waals surface area contributed by atoms with Crippen LogP contribution in [0, 0.1) is 0 Å². The summed E-state index contributed by atoms with van der Waals surface area (Å²) in [5, 5.41) is 1.99. The molecule has 1 atom stereocenters. The standard InChI is InChI=1S/C11H10BrNOS2/c12-8-5-9(15-6-8)7-16(14)11-4-2-1-3-10(11)13/h1-6H,7,13H2. The molecule has 0 bridgehead atoms. The molecule has 0 fully saturated rings. The number of hydrogen-bond acceptors (Lipinski definition) is 3. The van der Waals surface area contributed by atoms with Gasteiger partial charge in [0.25, 0.3) is 0 Å². The average Bonchev–Trinajstić information content (AvgIpc) is 2.64. The monoisotopic (exact) mass is 315 g/mol. The normalized spacial score (nSPS) is 12.6. The summed E-state index contributed by atoms with van der Waals surface area (Å²) in [5.41, 5.74) is 6.38. The van der Waals surface area contributed by atoms with Crippen molar-refractivity contribution in [2.45, 2.75) is 10.6 Å². The first kappa shape index (κ1) is 11.8. The predicted octanol–water partition coefficient (Wildman–Crippen LogP) is 3.40. The highest BCUT2D eigenvalue weighted by atomic mass is 79.9. The molecule has 0 aliphatic rings. The number of halogens is 1. The number of thiophene rings is 1. The van der Waals surface area contributed by atoms with Crippen LogP contribution in [0.1, 0.15) is 4.88 Å². The van der Waals surface area contributed by atoms with Crippen LogP contribution in [0.15, 0.2) is 45.1 Å². The van der Waals surface area contributed by atoms with Crippen molar-refractivity contribution in [1.82, 2.24) is 0 Å². The third kappa shape index (κ3) is 2.72. The number of nitrogens with two attached hydrogens (primary N) is 1. The number of rotatable bonds is 3. The van der Waals surface area contributed by atoms with E-state index in [4.69, 9.17) is 5.73 Å². The second-order valence-corrected chi connectivity index (χ2v) is 6.59. The van der Waals surface area contributed by atoms with E-state index in [9.17, 15) is 4.21 Å². The SMILES string of the molecule is Nc1ccccc1S(=O)Cc1cc(Br)cs1. The Morgan fingerprint density at radius 2 is 2.12 bits per heavy atom. The molecule has 1 heterocycles. The van der Waals surface area contributed by atoms with Gasteiger partial charge in [0.05, 0.1) is 21.4 Å². The summed E-state index contributed by atoms with van der Waals surface area (Å²) >= 11 is 4.98. The number of benzene rings is 1. The maximum atomic E-state index is 12.1. The quantitative estimate of drug-likeness (QED) is 0.882. The van der Waals surface area contributed by atoms with Crippen molar-refractivity contribution in [3.05, 3.63) is 45.1 Å². The summed E-state index contributed by atoms with van der Waals surface area (Å²) in [6.07, 6.45) is 0. The maximum Gasteiger partial charge on any atom is 0.0627 e. The molecule has 16 heavy (non-hydrogen) atoms. The molecule has 1 unspecified atom stereocenters. The Hall–Kier alpha value is -0.650. The summed E-state index contributed by atoms with van der Waals surface area (Å²) in [4.78, 5) is 1.81. The van der Waals surface area contributed by atoms with E-state index in [1.165, 1.54) is 0 Å². The van der Waals surface area contributed by atoms with Crippen molar-refractivity contribution in [1.29, 1.82) is 0 Å². The van der Waals surface area contributed by atoms with Crippen LogP contribution in [0.4, 0.5) is 5.69 Å². The summed E-state index contributed by atoms with van der Waals surface area (Å²) < 4.78 is 13.1. The second-order valence-electron chi connectivity index (χ2n) is 3.26. The van der Waals surface area contributed by atoms with Crippen molar-refractivity contribution in [2.75, 3.05) is 5.73 Å². The molecule has 2 aromatic rings. The van der Waals surface area contributed by atoms with Gasteiger partial charge in [0.1, 0.15) is 0 Å². The number of anilines is 1. The molecule has 84 valence electrons. The van der Waals surface area contributed by atoms with Gasteiger partial charge in [-0.05, 0) is 34.1 Å². The molecule has 1 aromatic carbocycles. The lowest BCUT2D eigenvalue weighted by Gasteiger charge is -2.03. The lowest BCUT2D eigenvalue weighted by molar-refractivity contribution is 0.683. The van der Waals surface area contributed by atoms with Crippen molar-refractivity contribution in [2.24, 2.45) is 0 Å². The lowest BCUT2D eigenvalue weighted by atomic mass is 10.3. The van der Waals surface area contributed by atoms with Crippen molar-refractivity contribution in [3.8, 4) is 0 Å². The molecule has 1 aromatic heterocycles. The Labute approximate surface area is 109 Å². The van der Waals surface area contributed by atoms with Crippen LogP contribution in [0.2, 0.25) is 0 Å². The smallest absolute Gasteiger partial charge is 0.0627 e. The van der Waals surface area contributed by atoms with E-state index in [1.54, 1.807) is 17.4 Å². The number of hydrogen-bond donors (Lipinski definition) is 1. The third-order valence-electron chi connectivity index (χ3n) is 2.06. The Morgan fingerprint density at radius 3 is 2.75 bits per heavy atom. The molecule has 0 spiro atoms. The Morgan fingerprint density at radius 1 is 1.38 bits per heavy atom. The van der Waals surface area contributed by atoms with E-state index in [-0.39, 0.29) is 0 Å². The third-order valence-corrected chi connectivity index (χ3v) is 5.38. The molecule has 0 aliphatic carbocycles. The van der Waals surface area contributed by atoms with Gasteiger partial charge in [-0.15, -0.1) is 11.3 Å². The summed E-state index contributed by atoms with van der Waals surface area (Å²) in [6, 6.07) is 9.28. The minimum atomic E-state index is -1.07. The minimum Gasteiger partial charge on any atom is -0.398 e. The van der Waals surface area contributed by atoms with Crippen LogP contribution in [-0.2, 0) is 16.6 Å². The van der Waals surface area contributed by atoms with Gasteiger partial charge >= 0.3 is 0 Å². The highest BCUT2D eigenvalue weighted by molar-refractivity contribution is 9.10. The van der Waals surface area contributed by atoms with E-state index in [2.05, 4.69) is 15.9 Å². The fourth-order valence-electron chi connectivity index (χ4n) is 1.32. The maximum absolute atomic E-state index is 12.1. The molecular formula is C11H10BrNOS2. The molecule has 5 heteroatoms. The van der Waals surface area contributed by atoms with E-state index in [1.807, 2.05) is 29.6 Å². The average molecular weight is 316 g/mol. The first-order valence-electron chi connectivity index (χ1n) is 4.62. The summed E-state index contributed by atoms with van der Waals surface area (Å²) in [6.45, 7) is 0. The van der Waals surface area contributed by atoms with Crippen LogP contribution in [0.5, 0.6) is 0 Å².